The van der Waals surface area contributed by atoms with Crippen LogP contribution in [0.4, 0.5) is 4.39 Å². The lowest BCUT2D eigenvalue weighted by Crippen LogP contribution is -2.21. The van der Waals surface area contributed by atoms with Gasteiger partial charge in [0.05, 0.1) is 24.3 Å². The van der Waals surface area contributed by atoms with E-state index in [4.69, 9.17) is 15.3 Å². The Morgan fingerprint density at radius 1 is 1.16 bits per heavy atom. The SMILES string of the molecule is N#C/C(F)=C/C=C/CCC1CCC(OCc2ccc(C#N)cc2)CC1. The van der Waals surface area contributed by atoms with Crippen molar-refractivity contribution in [2.24, 2.45) is 5.92 Å². The lowest BCUT2D eigenvalue weighted by Gasteiger charge is -2.28. The van der Waals surface area contributed by atoms with Gasteiger partial charge in [-0.25, -0.2) is 0 Å². The summed E-state index contributed by atoms with van der Waals surface area (Å²) < 4.78 is 18.6. The molecule has 0 bridgehead atoms. The molecule has 0 heterocycles. The van der Waals surface area contributed by atoms with Crippen LogP contribution in [-0.2, 0) is 11.3 Å². The van der Waals surface area contributed by atoms with Gasteiger partial charge >= 0.3 is 0 Å². The van der Waals surface area contributed by atoms with Crippen LogP contribution < -0.4 is 0 Å². The Morgan fingerprint density at radius 2 is 1.88 bits per heavy atom. The molecule has 0 amide bonds. The predicted molar refractivity (Wildman–Crippen MR) is 94.9 cm³/mol. The minimum absolute atomic E-state index is 0.315. The second-order valence-corrected chi connectivity index (χ2v) is 6.39. The molecule has 4 heteroatoms. The molecule has 1 fully saturated rings. The summed E-state index contributed by atoms with van der Waals surface area (Å²) in [7, 11) is 0. The quantitative estimate of drug-likeness (QED) is 0.497. The molecule has 0 aromatic heterocycles. The van der Waals surface area contributed by atoms with Crippen molar-refractivity contribution in [1.29, 1.82) is 10.5 Å². The van der Waals surface area contributed by atoms with Crippen LogP contribution in [0.25, 0.3) is 0 Å². The molecule has 0 saturated heterocycles. The van der Waals surface area contributed by atoms with Gasteiger partial charge in [-0.1, -0.05) is 24.3 Å². The van der Waals surface area contributed by atoms with E-state index in [-0.39, 0.29) is 0 Å². The number of ether oxygens (including phenoxy) is 1. The summed E-state index contributed by atoms with van der Waals surface area (Å²) in [5, 5.41) is 17.1. The maximum atomic E-state index is 12.6. The largest absolute Gasteiger partial charge is 0.374 e. The van der Waals surface area contributed by atoms with E-state index >= 15 is 0 Å². The van der Waals surface area contributed by atoms with Gasteiger partial charge in [0, 0.05) is 0 Å². The normalized spacial score (nSPS) is 21.0. The van der Waals surface area contributed by atoms with Crippen LogP contribution >= 0.6 is 0 Å². The van der Waals surface area contributed by atoms with Crippen LogP contribution in [0.1, 0.15) is 49.7 Å². The van der Waals surface area contributed by atoms with Crippen LogP contribution in [0.15, 0.2) is 48.3 Å². The Hall–Kier alpha value is -2.43. The summed E-state index contributed by atoms with van der Waals surface area (Å²) in [6.07, 6.45) is 11.5. The van der Waals surface area contributed by atoms with Gasteiger partial charge < -0.3 is 4.74 Å². The van der Waals surface area contributed by atoms with E-state index in [1.807, 2.05) is 30.3 Å². The van der Waals surface area contributed by atoms with Gasteiger partial charge in [-0.2, -0.15) is 14.9 Å². The molecule has 1 aromatic carbocycles. The highest BCUT2D eigenvalue weighted by molar-refractivity contribution is 5.31. The predicted octanol–water partition coefficient (Wildman–Crippen LogP) is 5.35. The monoisotopic (exact) mass is 338 g/mol. The number of rotatable bonds is 7. The Balaban J connectivity index is 1.63. The maximum Gasteiger partial charge on any atom is 0.199 e. The van der Waals surface area contributed by atoms with Crippen molar-refractivity contribution in [2.45, 2.75) is 51.2 Å². The summed E-state index contributed by atoms with van der Waals surface area (Å²) in [5.74, 6) is -0.0552. The molecule has 1 aliphatic rings. The number of benzene rings is 1. The highest BCUT2D eigenvalue weighted by atomic mass is 19.1. The molecular weight excluding hydrogens is 315 g/mol. The van der Waals surface area contributed by atoms with E-state index in [1.165, 1.54) is 12.1 Å². The van der Waals surface area contributed by atoms with Crippen molar-refractivity contribution in [3.63, 3.8) is 0 Å². The van der Waals surface area contributed by atoms with Crippen LogP contribution in [0.3, 0.4) is 0 Å². The molecule has 25 heavy (non-hydrogen) atoms. The third-order valence-corrected chi connectivity index (χ3v) is 4.59. The molecule has 1 saturated carbocycles. The van der Waals surface area contributed by atoms with Crippen molar-refractivity contribution >= 4 is 0 Å². The molecule has 0 N–H and O–H groups in total. The fraction of sp³-hybridized carbons (Fsp3) is 0.429. The summed E-state index contributed by atoms with van der Waals surface area (Å²) in [5.41, 5.74) is 1.77. The minimum Gasteiger partial charge on any atom is -0.374 e. The number of hydrogen-bond acceptors (Lipinski definition) is 3. The number of nitrogens with zero attached hydrogens (tertiary/aromatic N) is 2. The smallest absolute Gasteiger partial charge is 0.199 e. The van der Waals surface area contributed by atoms with Gasteiger partial charge in [0.15, 0.2) is 5.83 Å². The van der Waals surface area contributed by atoms with Gasteiger partial charge in [-0.05, 0) is 68.2 Å². The molecule has 1 aliphatic carbocycles. The van der Waals surface area contributed by atoms with Gasteiger partial charge in [0.25, 0.3) is 0 Å². The first-order valence-electron chi connectivity index (χ1n) is 8.74. The highest BCUT2D eigenvalue weighted by Crippen LogP contribution is 2.30. The number of nitriles is 2. The summed E-state index contributed by atoms with van der Waals surface area (Å²) in [4.78, 5) is 0. The molecule has 0 radical (unpaired) electrons. The zero-order chi connectivity index (χ0) is 17.9. The van der Waals surface area contributed by atoms with E-state index in [1.54, 1.807) is 6.08 Å². The number of halogens is 1. The van der Waals surface area contributed by atoms with Crippen molar-refractivity contribution in [1.82, 2.24) is 0 Å². The van der Waals surface area contributed by atoms with Crippen LogP contribution in [0.5, 0.6) is 0 Å². The Kier molecular flexibility index (Phi) is 7.89. The second kappa shape index (κ2) is 10.4. The lowest BCUT2D eigenvalue weighted by molar-refractivity contribution is 0.00647. The average molecular weight is 338 g/mol. The van der Waals surface area contributed by atoms with E-state index < -0.39 is 5.83 Å². The fourth-order valence-corrected chi connectivity index (χ4v) is 3.09. The average Bonchev–Trinajstić information content (AvgIpc) is 2.67. The Bertz CT molecular complexity index is 671. The van der Waals surface area contributed by atoms with Crippen molar-refractivity contribution in [3.05, 3.63) is 59.4 Å². The molecular formula is C21H23FN2O. The third kappa shape index (κ3) is 6.91. The van der Waals surface area contributed by atoms with E-state index in [0.717, 1.165) is 44.1 Å². The second-order valence-electron chi connectivity index (χ2n) is 6.39. The molecule has 0 unspecified atom stereocenters. The summed E-state index contributed by atoms with van der Waals surface area (Å²) in [6, 6.07) is 11.1. The van der Waals surface area contributed by atoms with Gasteiger partial charge in [0.1, 0.15) is 6.07 Å². The summed E-state index contributed by atoms with van der Waals surface area (Å²) in [6.45, 7) is 0.598. The highest BCUT2D eigenvalue weighted by Gasteiger charge is 2.21. The van der Waals surface area contributed by atoms with Crippen molar-refractivity contribution in [2.75, 3.05) is 0 Å². The Labute approximate surface area is 149 Å². The van der Waals surface area contributed by atoms with E-state index in [0.29, 0.717) is 24.2 Å². The molecule has 0 spiro atoms. The van der Waals surface area contributed by atoms with Crippen LogP contribution in [0.2, 0.25) is 0 Å². The zero-order valence-corrected chi connectivity index (χ0v) is 14.3. The standard InChI is InChI=1S/C21H23FN2O/c22-20(15-24)5-3-1-2-4-17-10-12-21(13-11-17)25-16-19-8-6-18(14-23)7-9-19/h1,3,5-9,17,21H,2,4,10-13,16H2/b3-1+,20-5-. The maximum absolute atomic E-state index is 12.6. The van der Waals surface area contributed by atoms with Crippen molar-refractivity contribution < 1.29 is 9.13 Å². The topological polar surface area (TPSA) is 56.8 Å². The fourth-order valence-electron chi connectivity index (χ4n) is 3.09. The van der Waals surface area contributed by atoms with Gasteiger partial charge in [-0.3, -0.25) is 0 Å². The summed E-state index contributed by atoms with van der Waals surface area (Å²) >= 11 is 0. The first kappa shape index (κ1) is 18.9. The molecule has 2 rings (SSSR count). The molecule has 1 aromatic rings. The lowest BCUT2D eigenvalue weighted by atomic mass is 9.84. The molecule has 130 valence electrons. The van der Waals surface area contributed by atoms with Crippen molar-refractivity contribution in [3.8, 4) is 12.1 Å². The van der Waals surface area contributed by atoms with Gasteiger partial charge in [-0.15, -0.1) is 0 Å². The first-order chi connectivity index (χ1) is 12.2. The zero-order valence-electron chi connectivity index (χ0n) is 14.3. The van der Waals surface area contributed by atoms with Crippen LogP contribution in [0, 0.1) is 28.6 Å². The number of hydrogen-bond donors (Lipinski definition) is 0. The van der Waals surface area contributed by atoms with E-state index in [2.05, 4.69) is 6.07 Å². The van der Waals surface area contributed by atoms with Crippen LogP contribution in [-0.4, -0.2) is 6.10 Å². The first-order valence-corrected chi connectivity index (χ1v) is 8.74. The molecule has 0 aliphatic heterocycles. The molecule has 3 nitrogen and oxygen atoms in total. The van der Waals surface area contributed by atoms with E-state index in [9.17, 15) is 4.39 Å². The molecule has 0 atom stereocenters. The van der Waals surface area contributed by atoms with Gasteiger partial charge in [0.2, 0.25) is 0 Å². The Morgan fingerprint density at radius 3 is 2.52 bits per heavy atom. The minimum atomic E-state index is -0.754. The third-order valence-electron chi connectivity index (χ3n) is 4.59. The number of allylic oxidation sites excluding steroid dienone is 4.